The first-order chi connectivity index (χ1) is 8.43. The summed E-state index contributed by atoms with van der Waals surface area (Å²) in [5, 5.41) is 0. The van der Waals surface area contributed by atoms with Crippen LogP contribution in [-0.4, -0.2) is 13.2 Å². The van der Waals surface area contributed by atoms with Crippen molar-refractivity contribution in [1.82, 2.24) is 0 Å². The second kappa shape index (κ2) is 4.21. The highest BCUT2D eigenvalue weighted by molar-refractivity contribution is 5.49. The smallest absolute Gasteiger partial charge is 0.235 e. The lowest BCUT2D eigenvalue weighted by atomic mass is 9.94. The van der Waals surface area contributed by atoms with E-state index in [9.17, 15) is 9.18 Å². The molecule has 1 fully saturated rings. The minimum atomic E-state index is -1.43. The predicted molar refractivity (Wildman–Crippen MR) is 66.2 cm³/mol. The summed E-state index contributed by atoms with van der Waals surface area (Å²) in [6, 6.07) is 5.17. The molecule has 1 saturated carbocycles. The molecule has 0 atom stereocenters. The van der Waals surface area contributed by atoms with Crippen LogP contribution in [-0.2, 0) is 16.0 Å². The van der Waals surface area contributed by atoms with Gasteiger partial charge in [0.15, 0.2) is 0 Å². The minimum Gasteiger partial charge on any atom is -0.496 e. The number of ether oxygens (including phenoxy) is 1. The van der Waals surface area contributed by atoms with Crippen molar-refractivity contribution in [3.8, 4) is 5.75 Å². The predicted octanol–water partition coefficient (Wildman–Crippen LogP) is 3.22. The number of nitrogens with zero attached hydrogens (tertiary/aromatic N) is 1. The molecule has 0 bridgehead atoms. The van der Waals surface area contributed by atoms with Crippen molar-refractivity contribution in [3.05, 3.63) is 29.3 Å². The van der Waals surface area contributed by atoms with Gasteiger partial charge in [-0.15, -0.1) is 0 Å². The summed E-state index contributed by atoms with van der Waals surface area (Å²) in [5.41, 5.74) is -0.640. The molecule has 1 aromatic rings. The van der Waals surface area contributed by atoms with E-state index < -0.39 is 11.2 Å². The van der Waals surface area contributed by atoms with Crippen molar-refractivity contribution in [1.29, 1.82) is 0 Å². The zero-order chi connectivity index (χ0) is 13.4. The Bertz CT molecular complexity index is 509. The highest BCUT2D eigenvalue weighted by Crippen LogP contribution is 2.52. The van der Waals surface area contributed by atoms with E-state index in [1.54, 1.807) is 31.4 Å². The van der Waals surface area contributed by atoms with Crippen LogP contribution in [0.25, 0.3) is 0 Å². The van der Waals surface area contributed by atoms with Crippen LogP contribution in [0.2, 0.25) is 0 Å². The number of isocyanates is 1. The molecule has 0 unspecified atom stereocenters. The molecule has 0 heterocycles. The van der Waals surface area contributed by atoms with E-state index in [1.165, 1.54) is 13.8 Å². The number of aliphatic imine (C=N–C) groups is 1. The van der Waals surface area contributed by atoms with E-state index in [0.29, 0.717) is 11.3 Å². The third kappa shape index (κ3) is 2.16. The Labute approximate surface area is 106 Å². The largest absolute Gasteiger partial charge is 0.496 e. The first-order valence-corrected chi connectivity index (χ1v) is 5.90. The summed E-state index contributed by atoms with van der Waals surface area (Å²) in [7, 11) is 1.56. The molecule has 0 aliphatic heterocycles. The van der Waals surface area contributed by atoms with Gasteiger partial charge in [-0.2, -0.15) is 4.99 Å². The molecule has 18 heavy (non-hydrogen) atoms. The minimum absolute atomic E-state index is 0.547. The summed E-state index contributed by atoms with van der Waals surface area (Å²) < 4.78 is 19.3. The number of halogens is 1. The average Bonchev–Trinajstić information content (AvgIpc) is 3.08. The van der Waals surface area contributed by atoms with Crippen LogP contribution in [0.5, 0.6) is 5.75 Å². The lowest BCUT2D eigenvalue weighted by molar-refractivity contribution is 0.221. The lowest BCUT2D eigenvalue weighted by Crippen LogP contribution is -2.12. The fraction of sp³-hybridized carbons (Fsp3) is 0.500. The van der Waals surface area contributed by atoms with Crippen molar-refractivity contribution in [2.24, 2.45) is 4.99 Å². The molecule has 96 valence electrons. The molecule has 3 nitrogen and oxygen atoms in total. The standard InChI is InChI=1S/C14H16FNO2/c1-13(2,15)10-4-5-12(18-3)11(8-10)14(6-7-14)16-9-17/h4-5,8H,6-7H2,1-3H3. The van der Waals surface area contributed by atoms with Crippen LogP contribution in [0.4, 0.5) is 4.39 Å². The van der Waals surface area contributed by atoms with Crippen LogP contribution < -0.4 is 4.74 Å². The van der Waals surface area contributed by atoms with Crippen molar-refractivity contribution in [2.75, 3.05) is 7.11 Å². The fourth-order valence-corrected chi connectivity index (χ4v) is 2.09. The third-order valence-corrected chi connectivity index (χ3v) is 3.37. The lowest BCUT2D eigenvalue weighted by Gasteiger charge is -2.19. The summed E-state index contributed by atoms with van der Waals surface area (Å²) in [4.78, 5) is 14.4. The molecular weight excluding hydrogens is 233 g/mol. The normalized spacial score (nSPS) is 16.9. The fourth-order valence-electron chi connectivity index (χ4n) is 2.09. The van der Waals surface area contributed by atoms with Gasteiger partial charge < -0.3 is 4.74 Å². The second-order valence-corrected chi connectivity index (χ2v) is 5.12. The van der Waals surface area contributed by atoms with Crippen LogP contribution >= 0.6 is 0 Å². The molecular formula is C14H16FNO2. The van der Waals surface area contributed by atoms with Crippen molar-refractivity contribution in [3.63, 3.8) is 0 Å². The SMILES string of the molecule is COc1ccc(C(C)(C)F)cc1C1(N=C=O)CC1. The zero-order valence-electron chi connectivity index (χ0n) is 10.8. The topological polar surface area (TPSA) is 38.7 Å². The first-order valence-electron chi connectivity index (χ1n) is 5.90. The Morgan fingerprint density at radius 1 is 1.44 bits per heavy atom. The maximum absolute atomic E-state index is 14.0. The van der Waals surface area contributed by atoms with Gasteiger partial charge in [0, 0.05) is 5.56 Å². The highest BCUT2D eigenvalue weighted by Gasteiger charge is 2.47. The van der Waals surface area contributed by atoms with Crippen molar-refractivity contribution in [2.45, 2.75) is 37.9 Å². The third-order valence-electron chi connectivity index (χ3n) is 3.37. The van der Waals surface area contributed by atoms with Gasteiger partial charge in [-0.25, -0.2) is 9.18 Å². The molecule has 1 aliphatic carbocycles. The van der Waals surface area contributed by atoms with E-state index >= 15 is 0 Å². The number of hydrogen-bond donors (Lipinski definition) is 0. The zero-order valence-corrected chi connectivity index (χ0v) is 10.8. The highest BCUT2D eigenvalue weighted by atomic mass is 19.1. The van der Waals surface area contributed by atoms with Crippen LogP contribution in [0.1, 0.15) is 37.8 Å². The number of hydrogen-bond acceptors (Lipinski definition) is 3. The van der Waals surface area contributed by atoms with Gasteiger partial charge in [0.2, 0.25) is 6.08 Å². The van der Waals surface area contributed by atoms with Crippen molar-refractivity contribution >= 4 is 6.08 Å². The maximum atomic E-state index is 14.0. The summed E-state index contributed by atoms with van der Waals surface area (Å²) in [6.45, 7) is 3.00. The van der Waals surface area contributed by atoms with Gasteiger partial charge in [0.05, 0.1) is 7.11 Å². The van der Waals surface area contributed by atoms with Gasteiger partial charge in [0.25, 0.3) is 0 Å². The molecule has 0 aromatic heterocycles. The van der Waals surface area contributed by atoms with E-state index in [4.69, 9.17) is 4.74 Å². The van der Waals surface area contributed by atoms with Gasteiger partial charge in [-0.3, -0.25) is 0 Å². The number of carbonyl (C=O) groups excluding carboxylic acids is 1. The number of alkyl halides is 1. The second-order valence-electron chi connectivity index (χ2n) is 5.12. The summed E-state index contributed by atoms with van der Waals surface area (Å²) >= 11 is 0. The molecule has 1 aromatic carbocycles. The van der Waals surface area contributed by atoms with E-state index in [-0.39, 0.29) is 0 Å². The van der Waals surface area contributed by atoms with Crippen LogP contribution in [0, 0.1) is 0 Å². The Hall–Kier alpha value is -1.67. The van der Waals surface area contributed by atoms with Gasteiger partial charge in [-0.05, 0) is 44.4 Å². The summed E-state index contributed by atoms with van der Waals surface area (Å²) in [6.07, 6.45) is 3.15. The van der Waals surface area contributed by atoms with Crippen LogP contribution in [0.3, 0.4) is 0 Å². The van der Waals surface area contributed by atoms with Gasteiger partial charge >= 0.3 is 0 Å². The Kier molecular flexibility index (Phi) is 2.99. The summed E-state index contributed by atoms with van der Waals surface area (Å²) in [5.74, 6) is 0.638. The Morgan fingerprint density at radius 2 is 2.11 bits per heavy atom. The van der Waals surface area contributed by atoms with E-state index in [2.05, 4.69) is 4.99 Å². The molecule has 4 heteroatoms. The molecule has 0 radical (unpaired) electrons. The van der Waals surface area contributed by atoms with Gasteiger partial charge in [0.1, 0.15) is 17.0 Å². The Morgan fingerprint density at radius 3 is 2.56 bits per heavy atom. The first kappa shape index (κ1) is 12.8. The molecule has 0 spiro atoms. The number of methoxy groups -OCH3 is 1. The molecule has 2 rings (SSSR count). The molecule has 0 saturated heterocycles. The number of rotatable bonds is 4. The van der Waals surface area contributed by atoms with E-state index in [0.717, 1.165) is 18.4 Å². The average molecular weight is 249 g/mol. The number of benzene rings is 1. The van der Waals surface area contributed by atoms with Gasteiger partial charge in [-0.1, -0.05) is 6.07 Å². The maximum Gasteiger partial charge on any atom is 0.235 e. The Balaban J connectivity index is 2.54. The van der Waals surface area contributed by atoms with Crippen molar-refractivity contribution < 1.29 is 13.9 Å². The quantitative estimate of drug-likeness (QED) is 0.607. The van der Waals surface area contributed by atoms with E-state index in [1.807, 2.05) is 0 Å². The molecule has 1 aliphatic rings. The molecule has 0 amide bonds. The monoisotopic (exact) mass is 249 g/mol. The molecule has 0 N–H and O–H groups in total. The van der Waals surface area contributed by atoms with Crippen LogP contribution in [0.15, 0.2) is 23.2 Å².